The lowest BCUT2D eigenvalue weighted by Gasteiger charge is -2.11. The van der Waals surface area contributed by atoms with E-state index in [-0.39, 0.29) is 5.56 Å². The molecule has 0 fully saturated rings. The summed E-state index contributed by atoms with van der Waals surface area (Å²) in [5.74, 6) is 1.23. The van der Waals surface area contributed by atoms with Gasteiger partial charge in [-0.15, -0.1) is 0 Å². The van der Waals surface area contributed by atoms with Crippen LogP contribution in [0.1, 0.15) is 11.4 Å². The molecule has 7 nitrogen and oxygen atoms in total. The minimum Gasteiger partial charge on any atom is -0.494 e. The molecule has 0 N–H and O–H groups in total. The van der Waals surface area contributed by atoms with Gasteiger partial charge in [0.25, 0.3) is 5.56 Å². The number of aromatic nitrogens is 4. The molecule has 0 aliphatic heterocycles. The number of hydrogen-bond donors (Lipinski definition) is 0. The van der Waals surface area contributed by atoms with E-state index in [2.05, 4.69) is 11.6 Å². The summed E-state index contributed by atoms with van der Waals surface area (Å²) in [5.41, 5.74) is 3.53. The van der Waals surface area contributed by atoms with Gasteiger partial charge in [0.15, 0.2) is 11.4 Å². The van der Waals surface area contributed by atoms with Crippen LogP contribution in [0, 0.1) is 13.8 Å². The van der Waals surface area contributed by atoms with Crippen molar-refractivity contribution < 1.29 is 9.47 Å². The normalized spacial score (nSPS) is 10.9. The lowest BCUT2D eigenvalue weighted by molar-refractivity contribution is 0.365. The maximum Gasteiger partial charge on any atom is 0.267 e. The first-order valence-corrected chi connectivity index (χ1v) is 9.51. The lowest BCUT2D eigenvalue weighted by atomic mass is 10.1. The molecule has 0 saturated heterocycles. The van der Waals surface area contributed by atoms with Gasteiger partial charge in [-0.25, -0.2) is 9.67 Å². The third-order valence-corrected chi connectivity index (χ3v) is 4.81. The lowest BCUT2D eigenvalue weighted by Crippen LogP contribution is -2.19. The standard InChI is InChI=1S/C23H22N4O3/c1-5-13-30-20-11-8-12-26-22(20)24-16(3)21(23(26)28)17-14-15(2)27(25-17)18-9-6-7-10-19(18)29-4/h5-12,14H,1,13H2,2-4H3. The summed E-state index contributed by atoms with van der Waals surface area (Å²) >= 11 is 0. The molecule has 0 saturated carbocycles. The molecule has 0 aliphatic carbocycles. The van der Waals surface area contributed by atoms with E-state index in [4.69, 9.17) is 14.6 Å². The van der Waals surface area contributed by atoms with Crippen molar-refractivity contribution in [3.63, 3.8) is 0 Å². The average molecular weight is 402 g/mol. The second-order valence-corrected chi connectivity index (χ2v) is 6.80. The second-order valence-electron chi connectivity index (χ2n) is 6.80. The fraction of sp³-hybridized carbons (Fsp3) is 0.174. The van der Waals surface area contributed by atoms with Crippen molar-refractivity contribution in [2.24, 2.45) is 0 Å². The summed E-state index contributed by atoms with van der Waals surface area (Å²) in [6.45, 7) is 7.73. The molecule has 4 rings (SSSR count). The van der Waals surface area contributed by atoms with Gasteiger partial charge in [0.05, 0.1) is 18.4 Å². The number of hydrogen-bond acceptors (Lipinski definition) is 5. The van der Waals surface area contributed by atoms with Gasteiger partial charge >= 0.3 is 0 Å². The predicted octanol–water partition coefficient (Wildman–Crippen LogP) is 3.74. The first-order chi connectivity index (χ1) is 14.5. The first-order valence-electron chi connectivity index (χ1n) is 9.51. The zero-order chi connectivity index (χ0) is 21.3. The van der Waals surface area contributed by atoms with Crippen LogP contribution < -0.4 is 15.0 Å². The highest BCUT2D eigenvalue weighted by molar-refractivity contribution is 5.66. The van der Waals surface area contributed by atoms with Crippen LogP contribution in [0.15, 0.2) is 66.1 Å². The van der Waals surface area contributed by atoms with E-state index in [0.29, 0.717) is 40.7 Å². The molecule has 1 aromatic carbocycles. The molecule has 7 heteroatoms. The van der Waals surface area contributed by atoms with Gasteiger partial charge in [-0.3, -0.25) is 9.20 Å². The van der Waals surface area contributed by atoms with Crippen molar-refractivity contribution in [2.45, 2.75) is 13.8 Å². The molecule has 3 heterocycles. The molecule has 0 radical (unpaired) electrons. The number of rotatable bonds is 6. The Kier molecular flexibility index (Phi) is 5.10. The van der Waals surface area contributed by atoms with Crippen LogP contribution in [0.3, 0.4) is 0 Å². The Bertz CT molecular complexity index is 1300. The van der Waals surface area contributed by atoms with Crippen molar-refractivity contribution in [1.29, 1.82) is 0 Å². The molecule has 152 valence electrons. The van der Waals surface area contributed by atoms with Crippen molar-refractivity contribution in [3.8, 4) is 28.4 Å². The summed E-state index contributed by atoms with van der Waals surface area (Å²) in [4.78, 5) is 18.0. The van der Waals surface area contributed by atoms with Crippen LogP contribution >= 0.6 is 0 Å². The fourth-order valence-electron chi connectivity index (χ4n) is 3.44. The minimum absolute atomic E-state index is 0.203. The monoisotopic (exact) mass is 402 g/mol. The van der Waals surface area contributed by atoms with Crippen LogP contribution in [0.2, 0.25) is 0 Å². The zero-order valence-electron chi connectivity index (χ0n) is 17.1. The van der Waals surface area contributed by atoms with Gasteiger partial charge in [-0.1, -0.05) is 24.8 Å². The summed E-state index contributed by atoms with van der Waals surface area (Å²) in [5, 5.41) is 4.70. The number of pyridine rings is 1. The quantitative estimate of drug-likeness (QED) is 0.460. The third kappa shape index (κ3) is 3.24. The van der Waals surface area contributed by atoms with Gasteiger partial charge in [-0.2, -0.15) is 5.10 Å². The second kappa shape index (κ2) is 7.87. The highest BCUT2D eigenvalue weighted by Gasteiger charge is 2.19. The number of nitrogens with zero attached hydrogens (tertiary/aromatic N) is 4. The Hall–Kier alpha value is -3.87. The van der Waals surface area contributed by atoms with Crippen molar-refractivity contribution >= 4 is 5.65 Å². The molecule has 0 amide bonds. The first kappa shape index (κ1) is 19.4. The number of benzene rings is 1. The van der Waals surface area contributed by atoms with Crippen LogP contribution in [0.4, 0.5) is 0 Å². The number of aryl methyl sites for hydroxylation is 2. The van der Waals surface area contributed by atoms with E-state index in [9.17, 15) is 4.79 Å². The molecule has 0 atom stereocenters. The van der Waals surface area contributed by atoms with E-state index >= 15 is 0 Å². The molecule has 30 heavy (non-hydrogen) atoms. The largest absolute Gasteiger partial charge is 0.494 e. The molecule has 0 aliphatic rings. The van der Waals surface area contributed by atoms with E-state index in [1.165, 1.54) is 4.40 Å². The molecule has 0 bridgehead atoms. The molecule has 0 unspecified atom stereocenters. The minimum atomic E-state index is -0.203. The molecule has 3 aromatic heterocycles. The Morgan fingerprint density at radius 1 is 1.13 bits per heavy atom. The summed E-state index contributed by atoms with van der Waals surface area (Å²) in [6, 6.07) is 13.0. The highest BCUT2D eigenvalue weighted by atomic mass is 16.5. The predicted molar refractivity (Wildman–Crippen MR) is 116 cm³/mol. The number of para-hydroxylation sites is 2. The van der Waals surface area contributed by atoms with E-state index in [1.54, 1.807) is 43.1 Å². The average Bonchev–Trinajstić information content (AvgIpc) is 3.13. The number of ether oxygens (including phenoxy) is 2. The summed E-state index contributed by atoms with van der Waals surface area (Å²) in [6.07, 6.45) is 3.33. The maximum absolute atomic E-state index is 13.3. The molecule has 4 aromatic rings. The number of fused-ring (bicyclic) bond motifs is 1. The van der Waals surface area contributed by atoms with E-state index < -0.39 is 0 Å². The Morgan fingerprint density at radius 2 is 1.90 bits per heavy atom. The van der Waals surface area contributed by atoms with Crippen LogP contribution in [-0.2, 0) is 0 Å². The Labute approximate surface area is 173 Å². The van der Waals surface area contributed by atoms with Gasteiger partial charge in [-0.05, 0) is 44.2 Å². The van der Waals surface area contributed by atoms with Crippen LogP contribution in [0.5, 0.6) is 11.5 Å². The smallest absolute Gasteiger partial charge is 0.267 e. The molecular formula is C23H22N4O3. The van der Waals surface area contributed by atoms with Gasteiger partial charge in [0.1, 0.15) is 23.7 Å². The maximum atomic E-state index is 13.3. The highest BCUT2D eigenvalue weighted by Crippen LogP contribution is 2.27. The van der Waals surface area contributed by atoms with E-state index in [1.807, 2.05) is 37.3 Å². The van der Waals surface area contributed by atoms with Crippen molar-refractivity contribution in [2.75, 3.05) is 13.7 Å². The molecular weight excluding hydrogens is 380 g/mol. The van der Waals surface area contributed by atoms with Gasteiger partial charge < -0.3 is 9.47 Å². The van der Waals surface area contributed by atoms with Crippen molar-refractivity contribution in [1.82, 2.24) is 19.2 Å². The Morgan fingerprint density at radius 3 is 2.67 bits per heavy atom. The SMILES string of the molecule is C=CCOc1cccn2c(=O)c(-c3cc(C)n(-c4ccccc4OC)n3)c(C)nc12. The fourth-order valence-corrected chi connectivity index (χ4v) is 3.44. The Balaban J connectivity index is 1.89. The van der Waals surface area contributed by atoms with E-state index in [0.717, 1.165) is 11.4 Å². The topological polar surface area (TPSA) is 70.7 Å². The summed E-state index contributed by atoms with van der Waals surface area (Å²) < 4.78 is 14.4. The van der Waals surface area contributed by atoms with Crippen molar-refractivity contribution in [3.05, 3.63) is 83.1 Å². The van der Waals surface area contributed by atoms with Gasteiger partial charge in [0, 0.05) is 11.9 Å². The van der Waals surface area contributed by atoms with Crippen LogP contribution in [0.25, 0.3) is 22.6 Å². The molecule has 0 spiro atoms. The summed E-state index contributed by atoms with van der Waals surface area (Å²) in [7, 11) is 1.62. The third-order valence-electron chi connectivity index (χ3n) is 4.81. The van der Waals surface area contributed by atoms with Crippen LogP contribution in [-0.4, -0.2) is 32.9 Å². The van der Waals surface area contributed by atoms with Gasteiger partial charge in [0.2, 0.25) is 0 Å². The zero-order valence-corrected chi connectivity index (χ0v) is 17.1. The number of methoxy groups -OCH3 is 1.